The number of aryl methyl sites for hydroxylation is 2. The molecule has 3 rings (SSSR count). The number of para-hydroxylation sites is 1. The van der Waals surface area contributed by atoms with Crippen molar-refractivity contribution in [2.75, 3.05) is 0 Å². The Labute approximate surface area is 133 Å². The van der Waals surface area contributed by atoms with Crippen molar-refractivity contribution in [2.45, 2.75) is 32.6 Å². The van der Waals surface area contributed by atoms with Gasteiger partial charge in [-0.05, 0) is 43.0 Å². The van der Waals surface area contributed by atoms with Crippen LogP contribution in [0.15, 0.2) is 35.0 Å². The van der Waals surface area contributed by atoms with Crippen LogP contribution < -0.4 is 0 Å². The van der Waals surface area contributed by atoms with E-state index in [1.807, 2.05) is 44.3 Å². The summed E-state index contributed by atoms with van der Waals surface area (Å²) in [6, 6.07) is 8.02. The molecule has 0 spiro atoms. The Bertz CT molecular complexity index is 819. The zero-order chi connectivity index (χ0) is 15.7. The number of nitrogens with one attached hydrogen (secondary N) is 1. The lowest BCUT2D eigenvalue weighted by atomic mass is 9.91. The minimum absolute atomic E-state index is 0.383. The van der Waals surface area contributed by atoms with Crippen LogP contribution in [-0.2, 0) is 17.6 Å². The van der Waals surface area contributed by atoms with E-state index in [9.17, 15) is 4.79 Å². The van der Waals surface area contributed by atoms with E-state index >= 15 is 0 Å². The predicted molar refractivity (Wildman–Crippen MR) is 86.2 cm³/mol. The van der Waals surface area contributed by atoms with E-state index in [4.69, 9.17) is 16.1 Å². The molecule has 5 heteroatoms. The average molecular weight is 317 g/mol. The molecule has 0 saturated heterocycles. The third kappa shape index (κ3) is 2.55. The monoisotopic (exact) mass is 316 g/mol. The summed E-state index contributed by atoms with van der Waals surface area (Å²) in [6.07, 6.45) is 3.18. The van der Waals surface area contributed by atoms with Gasteiger partial charge in [-0.3, -0.25) is 4.79 Å². The molecule has 0 aliphatic rings. The molecule has 0 aliphatic heterocycles. The molecule has 0 amide bonds. The van der Waals surface area contributed by atoms with Gasteiger partial charge in [-0.2, -0.15) is 0 Å². The number of rotatable bonds is 5. The molecular weight excluding hydrogens is 300 g/mol. The second kappa shape index (κ2) is 5.97. The zero-order valence-corrected chi connectivity index (χ0v) is 13.3. The normalized spacial score (nSPS) is 12.7. The maximum Gasteiger partial charge on any atom is 0.229 e. The molecular formula is C17H17ClN2O2. The molecule has 1 N–H and O–H groups in total. The first-order valence-corrected chi connectivity index (χ1v) is 7.69. The highest BCUT2D eigenvalue weighted by molar-refractivity contribution is 6.64. The molecule has 114 valence electrons. The van der Waals surface area contributed by atoms with Crippen molar-refractivity contribution >= 4 is 27.7 Å². The number of fused-ring (bicyclic) bond motifs is 1. The third-order valence-electron chi connectivity index (χ3n) is 4.04. The highest BCUT2D eigenvalue weighted by Crippen LogP contribution is 2.31. The molecule has 1 aromatic carbocycles. The van der Waals surface area contributed by atoms with E-state index in [0.717, 1.165) is 27.7 Å². The molecule has 0 bridgehead atoms. The minimum atomic E-state index is -0.443. The Kier molecular flexibility index (Phi) is 4.03. The Morgan fingerprint density at radius 2 is 2.18 bits per heavy atom. The molecule has 22 heavy (non-hydrogen) atoms. The first-order valence-electron chi connectivity index (χ1n) is 7.31. The standard InChI is InChI=1S/C17H17ClN2O2/c1-3-14-16(10(2)22-20-14)13(17(18)21)8-11-9-19-15-7-5-4-6-12(11)15/h4-7,9,13,19H,3,8H2,1-2H3. The highest BCUT2D eigenvalue weighted by atomic mass is 35.5. The van der Waals surface area contributed by atoms with Crippen LogP contribution >= 0.6 is 11.6 Å². The molecule has 2 aromatic heterocycles. The van der Waals surface area contributed by atoms with Gasteiger partial charge < -0.3 is 9.51 Å². The van der Waals surface area contributed by atoms with Gasteiger partial charge in [0.05, 0.1) is 11.6 Å². The number of benzene rings is 1. The van der Waals surface area contributed by atoms with Gasteiger partial charge in [-0.15, -0.1) is 0 Å². The van der Waals surface area contributed by atoms with Gasteiger partial charge in [0.15, 0.2) is 0 Å². The van der Waals surface area contributed by atoms with Gasteiger partial charge >= 0.3 is 0 Å². The largest absolute Gasteiger partial charge is 0.361 e. The summed E-state index contributed by atoms with van der Waals surface area (Å²) in [5.74, 6) is 0.220. The Balaban J connectivity index is 2.02. The SMILES string of the molecule is CCc1noc(C)c1C(Cc1c[nH]c2ccccc12)C(=O)Cl. The summed E-state index contributed by atoms with van der Waals surface area (Å²) in [7, 11) is 0. The number of nitrogens with zero attached hydrogens (tertiary/aromatic N) is 1. The number of hydrogen-bond acceptors (Lipinski definition) is 3. The van der Waals surface area contributed by atoms with Crippen molar-refractivity contribution in [3.05, 3.63) is 53.0 Å². The quantitative estimate of drug-likeness (QED) is 0.720. The fourth-order valence-electron chi connectivity index (χ4n) is 2.94. The minimum Gasteiger partial charge on any atom is -0.361 e. The van der Waals surface area contributed by atoms with E-state index < -0.39 is 5.92 Å². The van der Waals surface area contributed by atoms with E-state index in [0.29, 0.717) is 18.6 Å². The number of aromatic nitrogens is 2. The van der Waals surface area contributed by atoms with Crippen molar-refractivity contribution in [3.8, 4) is 0 Å². The van der Waals surface area contributed by atoms with E-state index in [2.05, 4.69) is 10.1 Å². The van der Waals surface area contributed by atoms with Gasteiger partial charge in [-0.25, -0.2) is 0 Å². The maximum absolute atomic E-state index is 12.0. The number of halogens is 1. The molecule has 3 aromatic rings. The van der Waals surface area contributed by atoms with Crippen molar-refractivity contribution in [1.82, 2.24) is 10.1 Å². The van der Waals surface area contributed by atoms with Crippen molar-refractivity contribution in [2.24, 2.45) is 0 Å². The second-order valence-electron chi connectivity index (χ2n) is 5.37. The van der Waals surface area contributed by atoms with Gasteiger partial charge in [0.1, 0.15) is 5.76 Å². The van der Waals surface area contributed by atoms with Crippen molar-refractivity contribution in [3.63, 3.8) is 0 Å². The lowest BCUT2D eigenvalue weighted by Crippen LogP contribution is -2.12. The summed E-state index contributed by atoms with van der Waals surface area (Å²) in [5.41, 5.74) is 3.75. The zero-order valence-electron chi connectivity index (χ0n) is 12.5. The Morgan fingerprint density at radius 1 is 1.41 bits per heavy atom. The van der Waals surface area contributed by atoms with Crippen molar-refractivity contribution in [1.29, 1.82) is 0 Å². The number of hydrogen-bond donors (Lipinski definition) is 1. The number of carbonyl (C=O) groups is 1. The first-order chi connectivity index (χ1) is 10.6. The van der Waals surface area contributed by atoms with Crippen LogP contribution in [0.25, 0.3) is 10.9 Å². The maximum atomic E-state index is 12.0. The fourth-order valence-corrected chi connectivity index (χ4v) is 3.13. The van der Waals surface area contributed by atoms with Crippen LogP contribution in [0.2, 0.25) is 0 Å². The summed E-state index contributed by atoms with van der Waals surface area (Å²) in [5, 5.41) is 4.76. The number of aromatic amines is 1. The van der Waals surface area contributed by atoms with Gasteiger partial charge in [0.25, 0.3) is 0 Å². The van der Waals surface area contributed by atoms with Crippen LogP contribution in [0.4, 0.5) is 0 Å². The van der Waals surface area contributed by atoms with Gasteiger partial charge in [0, 0.05) is 22.7 Å². The molecule has 4 nitrogen and oxygen atoms in total. The molecule has 0 aliphatic carbocycles. The Hall–Kier alpha value is -2.07. The lowest BCUT2D eigenvalue weighted by molar-refractivity contribution is -0.113. The number of carbonyl (C=O) groups excluding carboxylic acids is 1. The van der Waals surface area contributed by atoms with Gasteiger partial charge in [-0.1, -0.05) is 30.3 Å². The topological polar surface area (TPSA) is 58.9 Å². The summed E-state index contributed by atoms with van der Waals surface area (Å²) in [6.45, 7) is 3.81. The first kappa shape index (κ1) is 14.9. The highest BCUT2D eigenvalue weighted by Gasteiger charge is 2.27. The second-order valence-corrected chi connectivity index (χ2v) is 5.75. The van der Waals surface area contributed by atoms with E-state index in [1.165, 1.54) is 0 Å². The van der Waals surface area contributed by atoms with Crippen LogP contribution in [-0.4, -0.2) is 15.4 Å². The average Bonchev–Trinajstić information content (AvgIpc) is 3.08. The number of H-pyrrole nitrogens is 1. The predicted octanol–water partition coefficient (Wildman–Crippen LogP) is 4.12. The smallest absolute Gasteiger partial charge is 0.229 e. The van der Waals surface area contributed by atoms with Crippen LogP contribution in [0.3, 0.4) is 0 Å². The van der Waals surface area contributed by atoms with Crippen LogP contribution in [0.5, 0.6) is 0 Å². The fraction of sp³-hybridized carbons (Fsp3) is 0.294. The summed E-state index contributed by atoms with van der Waals surface area (Å²) >= 11 is 5.89. The van der Waals surface area contributed by atoms with E-state index in [1.54, 1.807) is 0 Å². The molecule has 0 radical (unpaired) electrons. The summed E-state index contributed by atoms with van der Waals surface area (Å²) < 4.78 is 5.26. The Morgan fingerprint density at radius 3 is 2.91 bits per heavy atom. The van der Waals surface area contributed by atoms with Gasteiger partial charge in [0.2, 0.25) is 5.24 Å². The van der Waals surface area contributed by atoms with Crippen LogP contribution in [0.1, 0.15) is 35.4 Å². The molecule has 2 heterocycles. The van der Waals surface area contributed by atoms with Crippen molar-refractivity contribution < 1.29 is 9.32 Å². The van der Waals surface area contributed by atoms with E-state index in [-0.39, 0.29) is 5.24 Å². The molecule has 1 unspecified atom stereocenters. The molecule has 1 atom stereocenters. The molecule has 0 saturated carbocycles. The summed E-state index contributed by atoms with van der Waals surface area (Å²) in [4.78, 5) is 15.2. The third-order valence-corrected chi connectivity index (χ3v) is 4.30. The molecule has 0 fully saturated rings. The van der Waals surface area contributed by atoms with Crippen LogP contribution in [0, 0.1) is 6.92 Å². The lowest BCUT2D eigenvalue weighted by Gasteiger charge is -2.12.